The van der Waals surface area contributed by atoms with Crippen LogP contribution in [0.25, 0.3) is 0 Å². The van der Waals surface area contributed by atoms with E-state index in [1.54, 1.807) is 4.90 Å². The van der Waals surface area contributed by atoms with E-state index in [0.29, 0.717) is 12.5 Å². The van der Waals surface area contributed by atoms with E-state index in [1.807, 2.05) is 20.8 Å². The van der Waals surface area contributed by atoms with Crippen LogP contribution in [0, 0.1) is 17.3 Å². The lowest BCUT2D eigenvalue weighted by atomic mass is 9.85. The smallest absolute Gasteiger partial charge is 0.326 e. The van der Waals surface area contributed by atoms with Gasteiger partial charge in [-0.3, -0.25) is 4.79 Å². The van der Waals surface area contributed by atoms with Crippen LogP contribution in [0.3, 0.4) is 0 Å². The minimum atomic E-state index is -0.864. The summed E-state index contributed by atoms with van der Waals surface area (Å²) in [5.74, 6) is -0.459. The predicted octanol–water partition coefficient (Wildman–Crippen LogP) is 1.46. The summed E-state index contributed by atoms with van der Waals surface area (Å²) in [4.78, 5) is 25.5. The third kappa shape index (κ3) is 2.82. The molecular formula is C15H26N2O3. The van der Waals surface area contributed by atoms with Crippen molar-refractivity contribution in [3.8, 4) is 0 Å². The number of carboxylic acid groups (broad SMARTS) is 1. The van der Waals surface area contributed by atoms with Crippen molar-refractivity contribution in [1.29, 1.82) is 0 Å². The molecule has 4 atom stereocenters. The summed E-state index contributed by atoms with van der Waals surface area (Å²) in [6, 6.07) is -0.882. The Morgan fingerprint density at radius 2 is 2.00 bits per heavy atom. The Hall–Kier alpha value is -1.10. The second-order valence-electron chi connectivity index (χ2n) is 7.36. The second kappa shape index (κ2) is 5.35. The highest BCUT2D eigenvalue weighted by Crippen LogP contribution is 2.42. The Morgan fingerprint density at radius 1 is 1.35 bits per heavy atom. The molecule has 1 saturated carbocycles. The number of hydrogen-bond donors (Lipinski definition) is 2. The van der Waals surface area contributed by atoms with Gasteiger partial charge in [0.25, 0.3) is 0 Å². The predicted molar refractivity (Wildman–Crippen MR) is 76.0 cm³/mol. The van der Waals surface area contributed by atoms with Gasteiger partial charge in [0.1, 0.15) is 6.04 Å². The highest BCUT2D eigenvalue weighted by Gasteiger charge is 2.49. The zero-order valence-electron chi connectivity index (χ0n) is 12.6. The number of nitrogens with zero attached hydrogens (tertiary/aromatic N) is 1. The van der Waals surface area contributed by atoms with Crippen LogP contribution in [0.2, 0.25) is 0 Å². The maximum Gasteiger partial charge on any atom is 0.326 e. The van der Waals surface area contributed by atoms with Gasteiger partial charge < -0.3 is 15.7 Å². The minimum Gasteiger partial charge on any atom is -0.480 e. The van der Waals surface area contributed by atoms with Crippen LogP contribution in [0.1, 0.15) is 46.5 Å². The molecule has 2 aliphatic rings. The molecule has 0 spiro atoms. The van der Waals surface area contributed by atoms with Crippen LogP contribution in [0.5, 0.6) is 0 Å². The number of carbonyl (C=O) groups excluding carboxylic acids is 1. The molecule has 20 heavy (non-hydrogen) atoms. The summed E-state index contributed by atoms with van der Waals surface area (Å²) < 4.78 is 0. The summed E-state index contributed by atoms with van der Waals surface area (Å²) in [7, 11) is 0. The van der Waals surface area contributed by atoms with Gasteiger partial charge in [-0.2, -0.15) is 0 Å². The Kier molecular flexibility index (Phi) is 4.09. The quantitative estimate of drug-likeness (QED) is 0.821. The number of carboxylic acids is 1. The van der Waals surface area contributed by atoms with Gasteiger partial charge in [-0.25, -0.2) is 4.79 Å². The van der Waals surface area contributed by atoms with Crippen molar-refractivity contribution in [3.63, 3.8) is 0 Å². The molecule has 4 unspecified atom stereocenters. The van der Waals surface area contributed by atoms with E-state index in [2.05, 4.69) is 0 Å². The van der Waals surface area contributed by atoms with Crippen molar-refractivity contribution < 1.29 is 14.7 Å². The zero-order valence-corrected chi connectivity index (χ0v) is 12.6. The second-order valence-corrected chi connectivity index (χ2v) is 7.36. The largest absolute Gasteiger partial charge is 0.480 e. The number of rotatable bonds is 3. The first-order valence-electron chi connectivity index (χ1n) is 7.49. The summed E-state index contributed by atoms with van der Waals surface area (Å²) in [6.07, 6.45) is 3.29. The number of hydrogen-bond acceptors (Lipinski definition) is 3. The average Bonchev–Trinajstić information content (AvgIpc) is 2.85. The van der Waals surface area contributed by atoms with Crippen molar-refractivity contribution in [2.75, 3.05) is 6.54 Å². The lowest BCUT2D eigenvalue weighted by Crippen LogP contribution is -2.47. The SMILES string of the molecule is CC(C)(C)C(N)CC(=O)N1CC2CCCC2C1C(=O)O. The van der Waals surface area contributed by atoms with Gasteiger partial charge in [-0.1, -0.05) is 27.2 Å². The van der Waals surface area contributed by atoms with Crippen LogP contribution in [-0.2, 0) is 9.59 Å². The lowest BCUT2D eigenvalue weighted by Gasteiger charge is -2.30. The average molecular weight is 282 g/mol. The molecule has 2 fully saturated rings. The van der Waals surface area contributed by atoms with E-state index in [9.17, 15) is 14.7 Å². The molecule has 5 heteroatoms. The van der Waals surface area contributed by atoms with E-state index < -0.39 is 12.0 Å². The Balaban J connectivity index is 2.07. The Bertz CT molecular complexity index is 402. The van der Waals surface area contributed by atoms with Crippen molar-refractivity contribution in [2.24, 2.45) is 23.0 Å². The van der Waals surface area contributed by atoms with E-state index in [1.165, 1.54) is 0 Å². The maximum absolute atomic E-state index is 12.4. The van der Waals surface area contributed by atoms with E-state index >= 15 is 0 Å². The molecule has 1 amide bonds. The molecule has 0 aromatic heterocycles. The molecule has 0 aromatic rings. The van der Waals surface area contributed by atoms with Gasteiger partial charge in [-0.05, 0) is 30.1 Å². The fraction of sp³-hybridized carbons (Fsp3) is 0.867. The molecule has 2 rings (SSSR count). The molecule has 3 N–H and O–H groups in total. The zero-order chi connectivity index (χ0) is 15.1. The Labute approximate surface area is 120 Å². The van der Waals surface area contributed by atoms with Crippen LogP contribution in [0.4, 0.5) is 0 Å². The van der Waals surface area contributed by atoms with Crippen LogP contribution >= 0.6 is 0 Å². The van der Waals surface area contributed by atoms with Gasteiger partial charge in [0.05, 0.1) is 0 Å². The Morgan fingerprint density at radius 3 is 2.55 bits per heavy atom. The summed E-state index contributed by atoms with van der Waals surface area (Å²) >= 11 is 0. The molecule has 0 radical (unpaired) electrons. The fourth-order valence-electron chi connectivity index (χ4n) is 3.49. The standard InChI is InChI=1S/C15H26N2O3/c1-15(2,3)11(16)7-12(18)17-8-9-5-4-6-10(9)13(17)14(19)20/h9-11,13H,4-8,16H2,1-3H3,(H,19,20). The first-order chi connectivity index (χ1) is 9.21. The number of aliphatic carboxylic acids is 1. The van der Waals surface area contributed by atoms with Crippen molar-refractivity contribution in [1.82, 2.24) is 4.90 Å². The van der Waals surface area contributed by atoms with E-state index in [4.69, 9.17) is 5.73 Å². The van der Waals surface area contributed by atoms with Crippen molar-refractivity contribution in [2.45, 2.75) is 58.5 Å². The van der Waals surface area contributed by atoms with Gasteiger partial charge in [-0.15, -0.1) is 0 Å². The topological polar surface area (TPSA) is 83.6 Å². The fourth-order valence-corrected chi connectivity index (χ4v) is 3.49. The van der Waals surface area contributed by atoms with Crippen molar-refractivity contribution >= 4 is 11.9 Å². The van der Waals surface area contributed by atoms with E-state index in [-0.39, 0.29) is 29.7 Å². The molecule has 1 heterocycles. The molecule has 5 nitrogen and oxygen atoms in total. The highest BCUT2D eigenvalue weighted by atomic mass is 16.4. The molecule has 1 saturated heterocycles. The molecule has 0 bridgehead atoms. The third-order valence-corrected chi connectivity index (χ3v) is 4.97. The van der Waals surface area contributed by atoms with Crippen LogP contribution in [0.15, 0.2) is 0 Å². The number of carbonyl (C=O) groups is 2. The normalized spacial score (nSPS) is 31.2. The van der Waals surface area contributed by atoms with Crippen molar-refractivity contribution in [3.05, 3.63) is 0 Å². The third-order valence-electron chi connectivity index (χ3n) is 4.97. The minimum absolute atomic E-state index is 0.103. The van der Waals surface area contributed by atoms with Gasteiger partial charge >= 0.3 is 5.97 Å². The number of fused-ring (bicyclic) bond motifs is 1. The van der Waals surface area contributed by atoms with Gasteiger partial charge in [0, 0.05) is 19.0 Å². The number of likely N-dealkylation sites (tertiary alicyclic amines) is 1. The molecule has 1 aliphatic heterocycles. The molecule has 0 aromatic carbocycles. The van der Waals surface area contributed by atoms with Crippen LogP contribution in [-0.4, -0.2) is 40.5 Å². The van der Waals surface area contributed by atoms with Gasteiger partial charge in [0.2, 0.25) is 5.91 Å². The first-order valence-corrected chi connectivity index (χ1v) is 7.49. The molecule has 114 valence electrons. The van der Waals surface area contributed by atoms with E-state index in [0.717, 1.165) is 19.3 Å². The first kappa shape index (κ1) is 15.3. The highest BCUT2D eigenvalue weighted by molar-refractivity contribution is 5.85. The van der Waals surface area contributed by atoms with Gasteiger partial charge in [0.15, 0.2) is 0 Å². The lowest BCUT2D eigenvalue weighted by molar-refractivity contribution is -0.150. The molecular weight excluding hydrogens is 256 g/mol. The van der Waals surface area contributed by atoms with Crippen LogP contribution < -0.4 is 5.73 Å². The molecule has 1 aliphatic carbocycles. The monoisotopic (exact) mass is 282 g/mol. The summed E-state index contributed by atoms with van der Waals surface area (Å²) in [6.45, 7) is 6.59. The number of nitrogens with two attached hydrogens (primary N) is 1. The maximum atomic E-state index is 12.4. The number of amides is 1. The summed E-state index contributed by atoms with van der Waals surface area (Å²) in [5, 5.41) is 9.45. The summed E-state index contributed by atoms with van der Waals surface area (Å²) in [5.41, 5.74) is 5.91.